The third kappa shape index (κ3) is 3.12. The van der Waals surface area contributed by atoms with Gasteiger partial charge in [-0.15, -0.1) is 0 Å². The van der Waals surface area contributed by atoms with Crippen LogP contribution in [0.25, 0.3) is 0 Å². The van der Waals surface area contributed by atoms with Crippen LogP contribution in [-0.2, 0) is 0 Å². The van der Waals surface area contributed by atoms with Gasteiger partial charge in [0.1, 0.15) is 0 Å². The second kappa shape index (κ2) is 6.34. The van der Waals surface area contributed by atoms with Crippen LogP contribution < -0.4 is 5.32 Å². The molecule has 0 spiro atoms. The summed E-state index contributed by atoms with van der Waals surface area (Å²) in [5, 5.41) is 3.04. The molecule has 18 heavy (non-hydrogen) atoms. The minimum Gasteiger partial charge on any atom is -0.350 e. The van der Waals surface area contributed by atoms with E-state index in [1.165, 1.54) is 12.8 Å². The molecular weight excluding hydrogens is 292 g/mol. The molecule has 0 unspecified atom stereocenters. The van der Waals surface area contributed by atoms with Crippen LogP contribution in [0.2, 0.25) is 0 Å². The van der Waals surface area contributed by atoms with Crippen molar-refractivity contribution in [3.63, 3.8) is 0 Å². The van der Waals surface area contributed by atoms with Crippen LogP contribution in [0.15, 0.2) is 28.7 Å². The Bertz CT molecular complexity index is 422. The third-order valence-corrected chi connectivity index (χ3v) is 4.21. The number of carbonyl (C=O) groups is 1. The number of hydrogen-bond donors (Lipinski definition) is 1. The highest BCUT2D eigenvalue weighted by atomic mass is 79.9. The van der Waals surface area contributed by atoms with Gasteiger partial charge < -0.3 is 5.32 Å². The first-order chi connectivity index (χ1) is 8.72. The molecule has 0 radical (unpaired) electrons. The minimum absolute atomic E-state index is 0.00503. The Morgan fingerprint density at radius 3 is 3.00 bits per heavy atom. The standard InChI is InChI=1S/C14H19BrN2O/c1-2-17-9-5-6-11(17)10-16-14(18)12-7-3-4-8-13(12)15/h3-4,7-8,11H,2,5-6,9-10H2,1H3,(H,16,18)/t11-/m1/s1. The summed E-state index contributed by atoms with van der Waals surface area (Å²) in [6.45, 7) is 5.14. The van der Waals surface area contributed by atoms with Gasteiger partial charge in [-0.2, -0.15) is 0 Å². The van der Waals surface area contributed by atoms with Gasteiger partial charge in [0.25, 0.3) is 5.91 Å². The van der Waals surface area contributed by atoms with E-state index in [0.29, 0.717) is 11.6 Å². The molecule has 1 aliphatic heterocycles. The summed E-state index contributed by atoms with van der Waals surface area (Å²) in [5.74, 6) is 0.00503. The van der Waals surface area contributed by atoms with Crippen LogP contribution in [0, 0.1) is 0 Å². The number of benzene rings is 1. The lowest BCUT2D eigenvalue weighted by atomic mass is 10.2. The fourth-order valence-electron chi connectivity index (χ4n) is 2.49. The first kappa shape index (κ1) is 13.6. The van der Waals surface area contributed by atoms with Crippen molar-refractivity contribution >= 4 is 21.8 Å². The number of amides is 1. The number of rotatable bonds is 4. The first-order valence-electron chi connectivity index (χ1n) is 6.49. The van der Waals surface area contributed by atoms with Crippen molar-refractivity contribution in [1.82, 2.24) is 10.2 Å². The topological polar surface area (TPSA) is 32.3 Å². The number of carbonyl (C=O) groups excluding carboxylic acids is 1. The monoisotopic (exact) mass is 310 g/mol. The zero-order valence-electron chi connectivity index (χ0n) is 10.7. The summed E-state index contributed by atoms with van der Waals surface area (Å²) in [5.41, 5.74) is 0.707. The van der Waals surface area contributed by atoms with E-state index in [2.05, 4.69) is 33.1 Å². The van der Waals surface area contributed by atoms with E-state index in [1.807, 2.05) is 24.3 Å². The van der Waals surface area contributed by atoms with Gasteiger partial charge in [0.15, 0.2) is 0 Å². The van der Waals surface area contributed by atoms with Crippen LogP contribution in [-0.4, -0.2) is 36.5 Å². The summed E-state index contributed by atoms with van der Waals surface area (Å²) >= 11 is 3.40. The van der Waals surface area contributed by atoms with E-state index < -0.39 is 0 Å². The largest absolute Gasteiger partial charge is 0.350 e. The second-order valence-electron chi connectivity index (χ2n) is 4.61. The summed E-state index contributed by atoms with van der Waals surface area (Å²) in [6, 6.07) is 8.03. The predicted octanol–water partition coefficient (Wildman–Crippen LogP) is 2.66. The number of nitrogens with one attached hydrogen (secondary N) is 1. The maximum atomic E-state index is 12.1. The molecule has 4 heteroatoms. The molecular formula is C14H19BrN2O. The molecule has 0 aliphatic carbocycles. The highest BCUT2D eigenvalue weighted by Gasteiger charge is 2.23. The zero-order chi connectivity index (χ0) is 13.0. The number of likely N-dealkylation sites (N-methyl/N-ethyl adjacent to an activating group) is 1. The van der Waals surface area contributed by atoms with E-state index in [1.54, 1.807) is 0 Å². The maximum absolute atomic E-state index is 12.1. The number of nitrogens with zero attached hydrogens (tertiary/aromatic N) is 1. The lowest BCUT2D eigenvalue weighted by Crippen LogP contribution is -2.40. The molecule has 0 aromatic heterocycles. The molecule has 0 bridgehead atoms. The lowest BCUT2D eigenvalue weighted by Gasteiger charge is -2.22. The Labute approximate surface area is 117 Å². The molecule has 1 saturated heterocycles. The Morgan fingerprint density at radius 1 is 1.50 bits per heavy atom. The van der Waals surface area contributed by atoms with Gasteiger partial charge in [-0.3, -0.25) is 9.69 Å². The van der Waals surface area contributed by atoms with E-state index in [9.17, 15) is 4.79 Å². The van der Waals surface area contributed by atoms with Crippen LogP contribution in [0.1, 0.15) is 30.1 Å². The van der Waals surface area contributed by atoms with Gasteiger partial charge >= 0.3 is 0 Å². The van der Waals surface area contributed by atoms with Crippen molar-refractivity contribution in [3.05, 3.63) is 34.3 Å². The van der Waals surface area contributed by atoms with Crippen LogP contribution in [0.4, 0.5) is 0 Å². The fourth-order valence-corrected chi connectivity index (χ4v) is 2.96. The normalized spacial score (nSPS) is 20.0. The third-order valence-electron chi connectivity index (χ3n) is 3.52. The molecule has 1 atom stereocenters. The molecule has 1 aliphatic rings. The maximum Gasteiger partial charge on any atom is 0.252 e. The Kier molecular flexibility index (Phi) is 4.78. The van der Waals surface area contributed by atoms with Crippen molar-refractivity contribution in [2.45, 2.75) is 25.8 Å². The average Bonchev–Trinajstić information content (AvgIpc) is 2.84. The van der Waals surface area contributed by atoms with Crippen molar-refractivity contribution in [1.29, 1.82) is 0 Å². The molecule has 0 saturated carbocycles. The van der Waals surface area contributed by atoms with Gasteiger partial charge in [0.2, 0.25) is 0 Å². The smallest absolute Gasteiger partial charge is 0.252 e. The molecule has 3 nitrogen and oxygen atoms in total. The van der Waals surface area contributed by atoms with Crippen LogP contribution in [0.5, 0.6) is 0 Å². The van der Waals surface area contributed by atoms with Crippen LogP contribution >= 0.6 is 15.9 Å². The molecule has 1 heterocycles. The summed E-state index contributed by atoms with van der Waals surface area (Å²) in [4.78, 5) is 14.5. The predicted molar refractivity (Wildman–Crippen MR) is 76.7 cm³/mol. The van der Waals surface area contributed by atoms with Crippen molar-refractivity contribution in [2.75, 3.05) is 19.6 Å². The van der Waals surface area contributed by atoms with E-state index in [-0.39, 0.29) is 5.91 Å². The highest BCUT2D eigenvalue weighted by molar-refractivity contribution is 9.10. The SMILES string of the molecule is CCN1CCC[C@@H]1CNC(=O)c1ccccc1Br. The summed E-state index contributed by atoms with van der Waals surface area (Å²) < 4.78 is 0.848. The Hall–Kier alpha value is -0.870. The lowest BCUT2D eigenvalue weighted by molar-refractivity contribution is 0.0940. The molecule has 1 fully saturated rings. The molecule has 98 valence electrons. The molecule has 1 amide bonds. The average molecular weight is 311 g/mol. The number of halogens is 1. The molecule has 2 rings (SSSR count). The van der Waals surface area contributed by atoms with Gasteiger partial charge in [-0.05, 0) is 54.0 Å². The molecule has 1 aromatic carbocycles. The van der Waals surface area contributed by atoms with Crippen molar-refractivity contribution in [2.24, 2.45) is 0 Å². The zero-order valence-corrected chi connectivity index (χ0v) is 12.2. The molecule has 1 N–H and O–H groups in total. The quantitative estimate of drug-likeness (QED) is 0.927. The van der Waals surface area contributed by atoms with Crippen molar-refractivity contribution in [3.8, 4) is 0 Å². The van der Waals surface area contributed by atoms with Gasteiger partial charge in [-0.25, -0.2) is 0 Å². The minimum atomic E-state index is 0.00503. The Morgan fingerprint density at radius 2 is 2.28 bits per heavy atom. The summed E-state index contributed by atoms with van der Waals surface area (Å²) in [6.07, 6.45) is 2.42. The fraction of sp³-hybridized carbons (Fsp3) is 0.500. The second-order valence-corrected chi connectivity index (χ2v) is 5.47. The highest BCUT2D eigenvalue weighted by Crippen LogP contribution is 2.17. The number of likely N-dealkylation sites (tertiary alicyclic amines) is 1. The van der Waals surface area contributed by atoms with Gasteiger partial charge in [0, 0.05) is 17.1 Å². The summed E-state index contributed by atoms with van der Waals surface area (Å²) in [7, 11) is 0. The van der Waals surface area contributed by atoms with Crippen LogP contribution in [0.3, 0.4) is 0 Å². The van der Waals surface area contributed by atoms with E-state index in [4.69, 9.17) is 0 Å². The number of hydrogen-bond acceptors (Lipinski definition) is 2. The van der Waals surface area contributed by atoms with E-state index >= 15 is 0 Å². The Balaban J connectivity index is 1.91. The molecule has 1 aromatic rings. The van der Waals surface area contributed by atoms with Gasteiger partial charge in [-0.1, -0.05) is 19.1 Å². The van der Waals surface area contributed by atoms with Gasteiger partial charge in [0.05, 0.1) is 5.56 Å². The van der Waals surface area contributed by atoms with Crippen molar-refractivity contribution < 1.29 is 4.79 Å². The van der Waals surface area contributed by atoms with E-state index in [0.717, 1.165) is 24.1 Å². The first-order valence-corrected chi connectivity index (χ1v) is 7.28.